The Morgan fingerprint density at radius 2 is 0.606 bits per heavy atom. The molecule has 0 fully saturated rings. The van der Waals surface area contributed by atoms with Crippen molar-refractivity contribution in [3.63, 3.8) is 0 Å². The third-order valence-corrected chi connectivity index (χ3v) is 31.6. The Morgan fingerprint density at radius 1 is 0.348 bits per heavy atom. The smallest absolute Gasteiger partial charge is 0.0654 e. The molecule has 0 saturated carbocycles. The van der Waals surface area contributed by atoms with Crippen molar-refractivity contribution in [1.29, 1.82) is 0 Å². The second kappa shape index (κ2) is 41.9. The molecule has 0 radical (unpaired) electrons. The summed E-state index contributed by atoms with van der Waals surface area (Å²) in [7, 11) is 0. The van der Waals surface area contributed by atoms with E-state index in [9.17, 15) is 19.2 Å². The van der Waals surface area contributed by atoms with Gasteiger partial charge in [0.2, 0.25) is 0 Å². The minimum atomic E-state index is -4.30. The van der Waals surface area contributed by atoms with Crippen LogP contribution in [0.3, 0.4) is 0 Å². The first-order valence-electron chi connectivity index (χ1n) is 27.0. The fourth-order valence-electron chi connectivity index (χ4n) is 8.52. The first kappa shape index (κ1) is 61.9. The zero-order valence-electron chi connectivity index (χ0n) is 43.1. The van der Waals surface area contributed by atoms with Gasteiger partial charge in [0.25, 0.3) is 0 Å². The van der Waals surface area contributed by atoms with E-state index in [-0.39, 0.29) is 11.9 Å². The summed E-state index contributed by atoms with van der Waals surface area (Å²) in [5.41, 5.74) is 0. The van der Waals surface area contributed by atoms with Gasteiger partial charge in [0, 0.05) is 0 Å². The summed E-state index contributed by atoms with van der Waals surface area (Å²) in [6, 6.07) is 18.5. The van der Waals surface area contributed by atoms with Crippen molar-refractivity contribution >= 4 is 69.4 Å². The molecule has 0 aliphatic heterocycles. The maximum atomic E-state index is 13.3. The second-order valence-corrected chi connectivity index (χ2v) is 35.8. The predicted octanol–water partition coefficient (Wildman–Crippen LogP) is 15.4. The molecule has 0 bridgehead atoms. The van der Waals surface area contributed by atoms with Gasteiger partial charge in [0.1, 0.15) is 0 Å². The van der Waals surface area contributed by atoms with E-state index in [1.165, 1.54) is 155 Å². The molecule has 0 aliphatic carbocycles. The summed E-state index contributed by atoms with van der Waals surface area (Å²) in [5.74, 6) is -1.05. The van der Waals surface area contributed by atoms with Crippen LogP contribution in [0, 0.1) is 0 Å². The van der Waals surface area contributed by atoms with Crippen molar-refractivity contribution in [3.05, 3.63) is 60.7 Å². The maximum absolute atomic E-state index is 13.3. The van der Waals surface area contributed by atoms with Gasteiger partial charge in [0.05, 0.1) is 0 Å². The second-order valence-electron chi connectivity index (χ2n) is 18.6. The van der Waals surface area contributed by atoms with Crippen LogP contribution in [0.4, 0.5) is 0 Å². The van der Waals surface area contributed by atoms with Gasteiger partial charge in [-0.1, -0.05) is 13.8 Å². The van der Waals surface area contributed by atoms with E-state index < -0.39 is 50.3 Å². The minimum Gasteiger partial charge on any atom is -0.0654 e. The van der Waals surface area contributed by atoms with Gasteiger partial charge in [-0.25, -0.2) is 0 Å². The molecule has 2 rings (SSSR count). The number of hydrogen-bond donors (Lipinski definition) is 0. The van der Waals surface area contributed by atoms with Crippen LogP contribution in [-0.2, 0) is 31.5 Å². The summed E-state index contributed by atoms with van der Waals surface area (Å²) < 4.78 is 27.5. The SMILES string of the molecule is CC(=O)[O][Sn]([O]C(C)=O)([c]1ccccc1)[c]1ccccc1.CCCCCCCCCCCC(=O)[O][Sn]([CH2]CCCCCCC)([CH2]CCCCCCC)[O]C(=O)CCCCCCCCCCC. The Hall–Kier alpha value is -2.08. The van der Waals surface area contributed by atoms with Crippen molar-refractivity contribution in [3.8, 4) is 0 Å². The molecule has 0 saturated heterocycles. The van der Waals surface area contributed by atoms with Crippen molar-refractivity contribution in [2.75, 3.05) is 0 Å². The Labute approximate surface area is 414 Å². The van der Waals surface area contributed by atoms with E-state index in [1.54, 1.807) is 0 Å². The first-order chi connectivity index (χ1) is 32.1. The predicted molar refractivity (Wildman–Crippen MR) is 279 cm³/mol. The van der Waals surface area contributed by atoms with E-state index in [0.717, 1.165) is 67.4 Å². The molecule has 8 nitrogen and oxygen atoms in total. The van der Waals surface area contributed by atoms with Crippen molar-refractivity contribution in [1.82, 2.24) is 0 Å². The van der Waals surface area contributed by atoms with Crippen LogP contribution in [0.2, 0.25) is 8.87 Å². The molecule has 376 valence electrons. The summed E-state index contributed by atoms with van der Waals surface area (Å²) in [4.78, 5) is 49.8. The van der Waals surface area contributed by atoms with Crippen molar-refractivity contribution in [2.45, 2.75) is 256 Å². The van der Waals surface area contributed by atoms with Gasteiger partial charge in [-0.15, -0.1) is 0 Å². The molecule has 0 aliphatic rings. The van der Waals surface area contributed by atoms with Crippen LogP contribution >= 0.6 is 0 Å². The van der Waals surface area contributed by atoms with E-state index >= 15 is 0 Å². The van der Waals surface area contributed by atoms with E-state index in [4.69, 9.17) is 12.3 Å². The van der Waals surface area contributed by atoms with Gasteiger partial charge in [0.15, 0.2) is 0 Å². The topological polar surface area (TPSA) is 105 Å². The molecule has 0 heterocycles. The fourth-order valence-corrected chi connectivity index (χ4v) is 26.3. The third kappa shape index (κ3) is 31.1. The van der Waals surface area contributed by atoms with Gasteiger partial charge in [-0.2, -0.15) is 0 Å². The van der Waals surface area contributed by atoms with Gasteiger partial charge in [-0.3, -0.25) is 0 Å². The summed E-state index contributed by atoms with van der Waals surface area (Å²) >= 11 is -8.20. The Kier molecular flexibility index (Phi) is 39.3. The molecule has 0 spiro atoms. The Bertz CT molecular complexity index is 1380. The molecular weight excluding hydrogens is 1040 g/mol. The molecule has 66 heavy (non-hydrogen) atoms. The number of carbonyl (C=O) groups excluding carboxylic acids is 4. The number of hydrogen-bond acceptors (Lipinski definition) is 8. The van der Waals surface area contributed by atoms with E-state index in [0.29, 0.717) is 12.8 Å². The molecule has 0 amide bonds. The zero-order valence-corrected chi connectivity index (χ0v) is 48.8. The van der Waals surface area contributed by atoms with E-state index in [1.807, 2.05) is 60.7 Å². The molecular formula is C56H96O8Sn2. The number of carbonyl (C=O) groups is 4. The summed E-state index contributed by atoms with van der Waals surface area (Å²) in [6.45, 7) is 11.7. The normalized spacial score (nSPS) is 11.4. The molecule has 10 heteroatoms. The van der Waals surface area contributed by atoms with Crippen LogP contribution in [0.5, 0.6) is 0 Å². The summed E-state index contributed by atoms with van der Waals surface area (Å²) in [5, 5.41) is 0. The fraction of sp³-hybridized carbons (Fsp3) is 0.714. The standard InChI is InChI=1S/2C12H24O2.2C8H17.2C6H5.2C2H4O2.2Sn/c2*1-2-3-4-5-6-7-8-9-10-11-12(13)14;2*1-3-5-7-8-6-4-2;2*1-2-4-6-5-3-1;2*1-2(3)4;;/h2*2-11H2,1H3,(H,13,14);2*1,3-8H2,2H3;2*1-5H;2*1H3,(H,3,4);;/q;;;;;;;;2*+2/p-4. The molecule has 2 aromatic carbocycles. The molecule has 2 aromatic rings. The molecule has 0 N–H and O–H groups in total. The molecule has 0 atom stereocenters. The quantitative estimate of drug-likeness (QED) is 0.0480. The average Bonchev–Trinajstić information content (AvgIpc) is 3.30. The van der Waals surface area contributed by atoms with Crippen molar-refractivity contribution < 1.29 is 31.5 Å². The van der Waals surface area contributed by atoms with Crippen LogP contribution < -0.4 is 7.16 Å². The van der Waals surface area contributed by atoms with Gasteiger partial charge >= 0.3 is 404 Å². The van der Waals surface area contributed by atoms with E-state index in [2.05, 4.69) is 27.7 Å². The van der Waals surface area contributed by atoms with Gasteiger partial charge in [-0.05, 0) is 0 Å². The number of rotatable bonds is 40. The van der Waals surface area contributed by atoms with Crippen LogP contribution in [0.15, 0.2) is 60.7 Å². The van der Waals surface area contributed by atoms with Crippen molar-refractivity contribution in [2.24, 2.45) is 0 Å². The zero-order chi connectivity index (χ0) is 48.4. The molecule has 0 aromatic heterocycles. The Balaban J connectivity index is 0.000000853. The minimum absolute atomic E-state index is 0.0819. The first-order valence-corrected chi connectivity index (χ1v) is 38.6. The number of unbranched alkanes of at least 4 members (excludes halogenated alkanes) is 26. The third-order valence-electron chi connectivity index (χ3n) is 12.3. The molecule has 0 unspecified atom stereocenters. The van der Waals surface area contributed by atoms with Gasteiger partial charge < -0.3 is 0 Å². The van der Waals surface area contributed by atoms with Crippen LogP contribution in [0.1, 0.15) is 247 Å². The number of benzene rings is 2. The summed E-state index contributed by atoms with van der Waals surface area (Å²) in [6.07, 6.45) is 37.6. The Morgan fingerprint density at radius 3 is 0.879 bits per heavy atom. The average molecular weight is 1130 g/mol. The monoisotopic (exact) mass is 1140 g/mol. The van der Waals surface area contributed by atoms with Crippen LogP contribution in [-0.4, -0.2) is 62.3 Å². The van der Waals surface area contributed by atoms with Crippen LogP contribution in [0.25, 0.3) is 0 Å².